The lowest BCUT2D eigenvalue weighted by atomic mass is 9.55. The number of nitriles is 1. The Morgan fingerprint density at radius 3 is 2.08 bits per heavy atom. The number of hydrogen-bond acceptors (Lipinski definition) is 6. The highest BCUT2D eigenvalue weighted by Gasteiger charge is 2.70. The van der Waals surface area contributed by atoms with Crippen molar-refractivity contribution in [3.63, 3.8) is 0 Å². The molecular weight excluding hydrogens is 967 g/mol. The zero-order valence-corrected chi connectivity index (χ0v) is 52.0. The maximum atomic E-state index is 10.6. The molecule has 2 heterocycles. The van der Waals surface area contributed by atoms with Crippen LogP contribution in [-0.2, 0) is 0 Å². The van der Waals surface area contributed by atoms with Crippen LogP contribution in [0.4, 0.5) is 0 Å². The van der Waals surface area contributed by atoms with Gasteiger partial charge in [0.25, 0.3) is 0 Å². The molecule has 0 aromatic rings. The maximum absolute atomic E-state index is 10.6. The van der Waals surface area contributed by atoms with Crippen LogP contribution < -0.4 is 16.4 Å². The van der Waals surface area contributed by atoms with Gasteiger partial charge < -0.3 is 11.1 Å². The third-order valence-electron chi connectivity index (χ3n) is 30.4. The second kappa shape index (κ2) is 21.4. The van der Waals surface area contributed by atoms with Crippen molar-refractivity contribution in [3.8, 4) is 6.07 Å². The highest BCUT2D eigenvalue weighted by atomic mass is 32.1. The second-order valence-corrected chi connectivity index (χ2v) is 34.5. The van der Waals surface area contributed by atoms with Crippen molar-refractivity contribution in [2.75, 3.05) is 0 Å². The van der Waals surface area contributed by atoms with Crippen LogP contribution in [0.5, 0.6) is 0 Å². The summed E-state index contributed by atoms with van der Waals surface area (Å²) in [5.74, 6) is 16.5. The van der Waals surface area contributed by atoms with E-state index in [-0.39, 0.29) is 12.1 Å². The van der Waals surface area contributed by atoms with Crippen LogP contribution in [0.3, 0.4) is 0 Å². The number of thiol groups is 1. The minimum atomic E-state index is 0.0942. The van der Waals surface area contributed by atoms with Crippen molar-refractivity contribution in [2.45, 2.75) is 295 Å². The van der Waals surface area contributed by atoms with Crippen molar-refractivity contribution in [3.05, 3.63) is 11.6 Å². The number of rotatable bonds is 8. The van der Waals surface area contributed by atoms with Crippen LogP contribution in [0.2, 0.25) is 0 Å². The monoisotopic (exact) mass is 1080 g/mol. The van der Waals surface area contributed by atoms with Gasteiger partial charge in [0, 0.05) is 46.9 Å². The summed E-state index contributed by atoms with van der Waals surface area (Å²) in [6.07, 6.45) is 46.8. The quantitative estimate of drug-likeness (QED) is 0.111. The number of nitrogens with zero attached hydrogens (tertiary/aromatic N) is 2. The lowest BCUT2D eigenvalue weighted by Crippen LogP contribution is -2.57. The normalized spacial score (nSPS) is 53.2. The van der Waals surface area contributed by atoms with Gasteiger partial charge in [0.15, 0.2) is 0 Å². The van der Waals surface area contributed by atoms with Gasteiger partial charge in [-0.15, -0.1) is 0 Å². The van der Waals surface area contributed by atoms with Gasteiger partial charge in [-0.25, -0.2) is 0 Å². The third kappa shape index (κ3) is 8.92. The fraction of sp³-hybridized carbons (Fsp3) is 0.958. The average Bonchev–Trinajstić information content (AvgIpc) is 4.35. The number of fused-ring (bicyclic) bond motifs is 14. The summed E-state index contributed by atoms with van der Waals surface area (Å²) >= 11 is 5.42. The molecule has 0 aromatic carbocycles. The average molecular weight is 1080 g/mol. The molecule has 6 heteroatoms. The molecule has 5 nitrogen and oxygen atoms in total. The molecule has 0 bridgehead atoms. The maximum Gasteiger partial charge on any atom is 0.0658 e. The fourth-order valence-electron chi connectivity index (χ4n) is 27.1. The SMILES string of the molecule is CC1CC(N2C3/C(=C/C(NC(N)C4CCCCC4)C4CCC(S)C(C5CCCCC5)C4)CCC3C3CCC4C(C5CCC(C6CCCC7C6NC6(C)C7CCC7C6C6CCCCC6C7(C)C)CC5C4(C)C)C32)C(C)CC1C#N. The fourth-order valence-corrected chi connectivity index (χ4v) is 27.6. The number of likely N-dealkylation sites (tertiary alicyclic amines) is 1. The predicted octanol–water partition coefficient (Wildman–Crippen LogP) is 16.4. The van der Waals surface area contributed by atoms with E-state index in [1.807, 2.05) is 5.57 Å². The summed E-state index contributed by atoms with van der Waals surface area (Å²) in [7, 11) is 0. The van der Waals surface area contributed by atoms with Crippen molar-refractivity contribution < 1.29 is 0 Å². The number of nitrogens with one attached hydrogen (secondary N) is 2. The van der Waals surface area contributed by atoms with Gasteiger partial charge in [-0.2, -0.15) is 17.9 Å². The molecule has 2 aliphatic heterocycles. The molecule has 0 spiro atoms. The Morgan fingerprint density at radius 1 is 0.590 bits per heavy atom. The number of nitrogens with two attached hydrogens (primary N) is 1. The predicted molar refractivity (Wildman–Crippen MR) is 325 cm³/mol. The van der Waals surface area contributed by atoms with Crippen molar-refractivity contribution in [2.24, 2.45) is 141 Å². The van der Waals surface area contributed by atoms with Gasteiger partial charge >= 0.3 is 0 Å². The molecule has 14 fully saturated rings. The summed E-state index contributed by atoms with van der Waals surface area (Å²) in [6, 6.07) is 5.86. The molecule has 0 aromatic heterocycles. The van der Waals surface area contributed by atoms with Crippen molar-refractivity contribution >= 4 is 12.6 Å². The second-order valence-electron chi connectivity index (χ2n) is 33.9. The van der Waals surface area contributed by atoms with E-state index in [9.17, 15) is 5.26 Å². The Morgan fingerprint density at radius 2 is 1.28 bits per heavy atom. The van der Waals surface area contributed by atoms with Crippen LogP contribution in [-0.4, -0.2) is 52.1 Å². The molecule has 78 heavy (non-hydrogen) atoms. The first-order valence-electron chi connectivity index (χ1n) is 35.5. The number of hydrogen-bond donors (Lipinski definition) is 4. The van der Waals surface area contributed by atoms with Crippen LogP contribution >= 0.6 is 12.6 Å². The molecule has 4 N–H and O–H groups in total. The molecule has 0 amide bonds. The molecule has 436 valence electrons. The zero-order valence-electron chi connectivity index (χ0n) is 51.1. The Bertz CT molecular complexity index is 2200. The van der Waals surface area contributed by atoms with Crippen LogP contribution in [0.25, 0.3) is 0 Å². The lowest BCUT2D eigenvalue weighted by Gasteiger charge is -2.52. The van der Waals surface area contributed by atoms with E-state index in [1.165, 1.54) is 193 Å². The van der Waals surface area contributed by atoms with Gasteiger partial charge in [0.05, 0.1) is 12.2 Å². The molecule has 27 unspecified atom stereocenters. The molecule has 2 saturated heterocycles. The Kier molecular flexibility index (Phi) is 15.2. The summed E-state index contributed by atoms with van der Waals surface area (Å²) < 4.78 is 0. The van der Waals surface area contributed by atoms with Gasteiger partial charge in [-0.1, -0.05) is 124 Å². The zero-order chi connectivity index (χ0) is 53.6. The lowest BCUT2D eigenvalue weighted by molar-refractivity contribution is -0.0255. The standard InChI is InChI=1S/C72H117N5S/c1-41-36-62(42(2)35-48(41)40-73)77-67-47(39-61(75-69(74)44-19-12-9-13-20-44)46-27-34-63(78)55(37-46)43-17-10-8-11-18-43)26-28-50(67)51-30-31-58-64(68(51)77)52-29-25-45(38-60(52)71(58,5)6)49-22-16-23-54-57-32-33-59-65(72(57,7)76-66(49)54)53-21-14-15-24-56(53)70(59,3)4/h39,41-46,48-69,75-76,78H,8-38,74H2,1-7H3/b47-39+. The van der Waals surface area contributed by atoms with E-state index in [4.69, 9.17) is 23.7 Å². The largest absolute Gasteiger partial charge is 0.316 e. The Hall–Kier alpha value is -0.580. The third-order valence-corrected chi connectivity index (χ3v) is 31.1. The van der Waals surface area contributed by atoms with E-state index in [0.717, 1.165) is 107 Å². The minimum Gasteiger partial charge on any atom is -0.316 e. The molecule has 12 aliphatic carbocycles. The van der Waals surface area contributed by atoms with Crippen LogP contribution in [0.15, 0.2) is 11.6 Å². The van der Waals surface area contributed by atoms with Gasteiger partial charge in [-0.05, 0) is 265 Å². The van der Waals surface area contributed by atoms with E-state index < -0.39 is 0 Å². The first-order chi connectivity index (χ1) is 37.7. The first-order valence-corrected chi connectivity index (χ1v) is 36.0. The molecule has 14 rings (SSSR count). The topological polar surface area (TPSA) is 77.1 Å². The van der Waals surface area contributed by atoms with E-state index in [1.54, 1.807) is 0 Å². The molecule has 12 saturated carbocycles. The van der Waals surface area contributed by atoms with Gasteiger partial charge in [0.1, 0.15) is 0 Å². The van der Waals surface area contributed by atoms with E-state index >= 15 is 0 Å². The molecular formula is C72H117N5S. The van der Waals surface area contributed by atoms with Crippen molar-refractivity contribution in [1.82, 2.24) is 15.5 Å². The molecule has 0 radical (unpaired) electrons. The van der Waals surface area contributed by atoms with Crippen molar-refractivity contribution in [1.29, 1.82) is 5.26 Å². The minimum absolute atomic E-state index is 0.0942. The highest BCUT2D eigenvalue weighted by molar-refractivity contribution is 7.81. The van der Waals surface area contributed by atoms with Gasteiger partial charge in [0.2, 0.25) is 0 Å². The van der Waals surface area contributed by atoms with Crippen LogP contribution in [0.1, 0.15) is 248 Å². The summed E-state index contributed by atoms with van der Waals surface area (Å²) in [5, 5.41) is 20.3. The van der Waals surface area contributed by atoms with E-state index in [2.05, 4.69) is 70.8 Å². The summed E-state index contributed by atoms with van der Waals surface area (Å²) in [4.78, 5) is 3.41. The smallest absolute Gasteiger partial charge is 0.0658 e. The summed E-state index contributed by atoms with van der Waals surface area (Å²) in [6.45, 7) is 19.1. The first kappa shape index (κ1) is 55.3. The molecule has 27 atom stereocenters. The molecule has 14 aliphatic rings. The van der Waals surface area contributed by atoms with E-state index in [0.29, 0.717) is 69.5 Å². The highest BCUT2D eigenvalue weighted by Crippen LogP contribution is 2.72. The Balaban J connectivity index is 0.765. The summed E-state index contributed by atoms with van der Waals surface area (Å²) in [5.41, 5.74) is 10.6. The van der Waals surface area contributed by atoms with Crippen LogP contribution in [0, 0.1) is 146 Å². The Labute approximate surface area is 484 Å². The van der Waals surface area contributed by atoms with Gasteiger partial charge in [-0.3, -0.25) is 10.2 Å².